The molecule has 0 amide bonds. The molecule has 1 aromatic heterocycles. The Balaban J connectivity index is 2.86. The third-order valence-corrected chi connectivity index (χ3v) is 2.27. The SMILES string of the molecule is CC(C)(C)Cc1cnc(Cl)c(Cl)c1. The summed E-state index contributed by atoms with van der Waals surface area (Å²) in [5.41, 5.74) is 1.38. The predicted octanol–water partition coefficient (Wildman–Crippen LogP) is 3.98. The zero-order valence-corrected chi connectivity index (χ0v) is 9.58. The Labute approximate surface area is 89.1 Å². The number of pyridine rings is 1. The third-order valence-electron chi connectivity index (χ3n) is 1.59. The Hall–Kier alpha value is -0.270. The van der Waals surface area contributed by atoms with Gasteiger partial charge in [0.25, 0.3) is 0 Å². The number of aromatic nitrogens is 1. The van der Waals surface area contributed by atoms with Crippen LogP contribution in [-0.4, -0.2) is 4.98 Å². The molecule has 0 aliphatic carbocycles. The highest BCUT2D eigenvalue weighted by Gasteiger charge is 2.12. The molecule has 1 nitrogen and oxygen atoms in total. The van der Waals surface area contributed by atoms with Crippen molar-refractivity contribution in [2.24, 2.45) is 5.41 Å². The lowest BCUT2D eigenvalue weighted by Gasteiger charge is -2.17. The van der Waals surface area contributed by atoms with Crippen LogP contribution >= 0.6 is 23.2 Å². The van der Waals surface area contributed by atoms with Gasteiger partial charge < -0.3 is 0 Å². The van der Waals surface area contributed by atoms with Gasteiger partial charge in [0.1, 0.15) is 5.15 Å². The van der Waals surface area contributed by atoms with Crippen molar-refractivity contribution >= 4 is 23.2 Å². The first-order valence-electron chi connectivity index (χ1n) is 4.18. The summed E-state index contributed by atoms with van der Waals surface area (Å²) in [7, 11) is 0. The fourth-order valence-electron chi connectivity index (χ4n) is 1.17. The van der Waals surface area contributed by atoms with Crippen LogP contribution in [0.15, 0.2) is 12.3 Å². The maximum atomic E-state index is 5.85. The molecule has 0 saturated heterocycles. The van der Waals surface area contributed by atoms with Crippen LogP contribution in [-0.2, 0) is 6.42 Å². The van der Waals surface area contributed by atoms with Crippen LogP contribution in [0.25, 0.3) is 0 Å². The highest BCUT2D eigenvalue weighted by atomic mass is 35.5. The number of nitrogens with zero attached hydrogens (tertiary/aromatic N) is 1. The molecule has 3 heteroatoms. The van der Waals surface area contributed by atoms with Crippen molar-refractivity contribution in [2.75, 3.05) is 0 Å². The van der Waals surface area contributed by atoms with Gasteiger partial charge in [0.05, 0.1) is 5.02 Å². The van der Waals surface area contributed by atoms with E-state index in [0.717, 1.165) is 12.0 Å². The van der Waals surface area contributed by atoms with E-state index in [9.17, 15) is 0 Å². The molecule has 13 heavy (non-hydrogen) atoms. The van der Waals surface area contributed by atoms with Gasteiger partial charge in [-0.3, -0.25) is 0 Å². The lowest BCUT2D eigenvalue weighted by molar-refractivity contribution is 0.411. The monoisotopic (exact) mass is 217 g/mol. The van der Waals surface area contributed by atoms with Gasteiger partial charge in [-0.25, -0.2) is 4.98 Å². The number of halogens is 2. The van der Waals surface area contributed by atoms with Crippen LogP contribution in [0.5, 0.6) is 0 Å². The van der Waals surface area contributed by atoms with Crippen molar-refractivity contribution < 1.29 is 0 Å². The van der Waals surface area contributed by atoms with Crippen molar-refractivity contribution in [3.63, 3.8) is 0 Å². The highest BCUT2D eigenvalue weighted by molar-refractivity contribution is 6.41. The van der Waals surface area contributed by atoms with Crippen LogP contribution in [0.2, 0.25) is 10.2 Å². The summed E-state index contributed by atoms with van der Waals surface area (Å²) < 4.78 is 0. The summed E-state index contributed by atoms with van der Waals surface area (Å²) in [6.45, 7) is 6.53. The predicted molar refractivity (Wildman–Crippen MR) is 57.4 cm³/mol. The van der Waals surface area contributed by atoms with E-state index in [-0.39, 0.29) is 5.41 Å². The number of hydrogen-bond donors (Lipinski definition) is 0. The summed E-state index contributed by atoms with van der Waals surface area (Å²) >= 11 is 11.6. The molecule has 1 heterocycles. The summed E-state index contributed by atoms with van der Waals surface area (Å²) in [5.74, 6) is 0. The van der Waals surface area contributed by atoms with Gasteiger partial charge in [0, 0.05) is 6.20 Å². The minimum atomic E-state index is 0.249. The molecule has 0 bridgehead atoms. The second-order valence-electron chi connectivity index (χ2n) is 4.35. The first kappa shape index (κ1) is 10.8. The normalized spacial score (nSPS) is 11.8. The van der Waals surface area contributed by atoms with E-state index in [0.29, 0.717) is 10.2 Å². The minimum Gasteiger partial charge on any atom is -0.243 e. The Kier molecular flexibility index (Phi) is 3.20. The second kappa shape index (κ2) is 3.85. The van der Waals surface area contributed by atoms with E-state index in [1.807, 2.05) is 6.07 Å². The first-order valence-corrected chi connectivity index (χ1v) is 4.94. The summed E-state index contributed by atoms with van der Waals surface area (Å²) in [5, 5.41) is 0.905. The molecule has 0 aliphatic heterocycles. The molecule has 0 fully saturated rings. The van der Waals surface area contributed by atoms with Crippen molar-refractivity contribution in [3.05, 3.63) is 28.0 Å². The van der Waals surface area contributed by atoms with Gasteiger partial charge >= 0.3 is 0 Å². The minimum absolute atomic E-state index is 0.249. The van der Waals surface area contributed by atoms with Gasteiger partial charge in [-0.15, -0.1) is 0 Å². The van der Waals surface area contributed by atoms with Crippen LogP contribution in [0.1, 0.15) is 26.3 Å². The van der Waals surface area contributed by atoms with Gasteiger partial charge in [0.15, 0.2) is 0 Å². The average molecular weight is 218 g/mol. The molecule has 0 spiro atoms. The molecule has 1 aromatic rings. The Morgan fingerprint density at radius 1 is 1.31 bits per heavy atom. The zero-order chi connectivity index (χ0) is 10.1. The van der Waals surface area contributed by atoms with Crippen molar-refractivity contribution in [1.29, 1.82) is 0 Å². The molecule has 0 N–H and O–H groups in total. The molecule has 72 valence electrons. The molecular formula is C10H13Cl2N. The van der Waals surface area contributed by atoms with E-state index in [2.05, 4.69) is 25.8 Å². The summed E-state index contributed by atoms with van der Waals surface area (Å²) in [6.07, 6.45) is 2.73. The van der Waals surface area contributed by atoms with Gasteiger partial charge in [-0.2, -0.15) is 0 Å². The average Bonchev–Trinajstić information content (AvgIpc) is 1.94. The number of hydrogen-bond acceptors (Lipinski definition) is 1. The van der Waals surface area contributed by atoms with Crippen LogP contribution in [0.4, 0.5) is 0 Å². The largest absolute Gasteiger partial charge is 0.243 e. The molecule has 0 radical (unpaired) electrons. The van der Waals surface area contributed by atoms with E-state index in [4.69, 9.17) is 23.2 Å². The zero-order valence-electron chi connectivity index (χ0n) is 8.06. The first-order chi connectivity index (χ1) is 5.88. The molecule has 1 rings (SSSR count). The van der Waals surface area contributed by atoms with E-state index in [1.165, 1.54) is 0 Å². The van der Waals surface area contributed by atoms with Crippen molar-refractivity contribution in [2.45, 2.75) is 27.2 Å². The van der Waals surface area contributed by atoms with E-state index in [1.54, 1.807) is 6.20 Å². The summed E-state index contributed by atoms with van der Waals surface area (Å²) in [6, 6.07) is 1.88. The molecule has 0 atom stereocenters. The molecule has 0 aliphatic rings. The lowest BCUT2D eigenvalue weighted by Crippen LogP contribution is -2.09. The molecule has 0 unspecified atom stereocenters. The van der Waals surface area contributed by atoms with Gasteiger partial charge in [-0.05, 0) is 23.5 Å². The Bertz CT molecular complexity index is 302. The second-order valence-corrected chi connectivity index (χ2v) is 5.12. The van der Waals surface area contributed by atoms with E-state index >= 15 is 0 Å². The third kappa shape index (κ3) is 3.53. The van der Waals surface area contributed by atoms with Crippen LogP contribution < -0.4 is 0 Å². The van der Waals surface area contributed by atoms with Crippen LogP contribution in [0.3, 0.4) is 0 Å². The van der Waals surface area contributed by atoms with Gasteiger partial charge in [-0.1, -0.05) is 44.0 Å². The van der Waals surface area contributed by atoms with Crippen molar-refractivity contribution in [1.82, 2.24) is 4.98 Å². The van der Waals surface area contributed by atoms with Crippen molar-refractivity contribution in [3.8, 4) is 0 Å². The highest BCUT2D eigenvalue weighted by Crippen LogP contribution is 2.24. The maximum absolute atomic E-state index is 5.85. The standard InChI is InChI=1S/C10H13Cl2N/c1-10(2,3)5-7-4-8(11)9(12)13-6-7/h4,6H,5H2,1-3H3. The topological polar surface area (TPSA) is 12.9 Å². The van der Waals surface area contributed by atoms with E-state index < -0.39 is 0 Å². The Morgan fingerprint density at radius 2 is 1.92 bits per heavy atom. The maximum Gasteiger partial charge on any atom is 0.147 e. The molecule has 0 aromatic carbocycles. The molecular weight excluding hydrogens is 205 g/mol. The summed E-state index contributed by atoms with van der Waals surface area (Å²) in [4.78, 5) is 4.00. The number of rotatable bonds is 1. The fourth-order valence-corrected chi connectivity index (χ4v) is 1.46. The Morgan fingerprint density at radius 3 is 2.38 bits per heavy atom. The fraction of sp³-hybridized carbons (Fsp3) is 0.500. The smallest absolute Gasteiger partial charge is 0.147 e. The lowest BCUT2D eigenvalue weighted by atomic mass is 9.89. The quantitative estimate of drug-likeness (QED) is 0.649. The molecule has 0 saturated carbocycles. The van der Waals surface area contributed by atoms with Crippen LogP contribution in [0, 0.1) is 5.41 Å². The van der Waals surface area contributed by atoms with Gasteiger partial charge in [0.2, 0.25) is 0 Å².